The molecule has 0 saturated carbocycles. The number of Topliss-reactive ketones (excluding diaryl/α,β-unsaturated/α-hetero) is 1. The third-order valence-corrected chi connectivity index (χ3v) is 4.96. The molecule has 4 rings (SSSR count). The van der Waals surface area contributed by atoms with E-state index in [0.29, 0.717) is 24.1 Å². The highest BCUT2D eigenvalue weighted by Gasteiger charge is 2.33. The van der Waals surface area contributed by atoms with Crippen molar-refractivity contribution in [2.45, 2.75) is 19.4 Å². The number of hydrogen-bond donors (Lipinski definition) is 2. The molecule has 7 heteroatoms. The van der Waals surface area contributed by atoms with Crippen LogP contribution in [0, 0.1) is 0 Å². The lowest BCUT2D eigenvalue weighted by Gasteiger charge is -2.17. The average molecular weight is 391 g/mol. The van der Waals surface area contributed by atoms with Gasteiger partial charge in [0.05, 0.1) is 18.2 Å². The Morgan fingerprint density at radius 1 is 1.17 bits per heavy atom. The molecular formula is C22H21N3O4. The van der Waals surface area contributed by atoms with Crippen molar-refractivity contribution in [2.24, 2.45) is 0 Å². The van der Waals surface area contributed by atoms with Crippen LogP contribution >= 0.6 is 0 Å². The largest absolute Gasteiger partial charge is 0.494 e. The van der Waals surface area contributed by atoms with E-state index < -0.39 is 17.7 Å². The van der Waals surface area contributed by atoms with Crippen molar-refractivity contribution in [3.8, 4) is 5.75 Å². The molecule has 7 nitrogen and oxygen atoms in total. The molecule has 1 atom stereocenters. The first kappa shape index (κ1) is 18.7. The second kappa shape index (κ2) is 7.79. The first-order chi connectivity index (χ1) is 14.1. The Kier molecular flexibility index (Phi) is 5.03. The van der Waals surface area contributed by atoms with Gasteiger partial charge in [0.25, 0.3) is 11.7 Å². The van der Waals surface area contributed by atoms with E-state index in [2.05, 4.69) is 10.3 Å². The van der Waals surface area contributed by atoms with Crippen LogP contribution in [-0.2, 0) is 9.59 Å². The standard InChI is InChI=1S/C22H21N3O4/c1-2-29-16-9-7-15(8-10-16)25-13-14(11-20(25)26)24-22(28)21(27)18-12-23-19-6-4-3-5-17(18)19/h3-10,12,14,23H,2,11,13H2,1H3,(H,24,28)/t14-/m0/s1. The van der Waals surface area contributed by atoms with Crippen molar-refractivity contribution in [1.29, 1.82) is 0 Å². The zero-order chi connectivity index (χ0) is 20.4. The molecule has 0 aliphatic carbocycles. The SMILES string of the molecule is CCOc1ccc(N2C[C@@H](NC(=O)C(=O)c3c[nH]c4ccccc34)CC2=O)cc1. The fourth-order valence-corrected chi connectivity index (χ4v) is 3.58. The number of H-pyrrole nitrogens is 1. The summed E-state index contributed by atoms with van der Waals surface area (Å²) in [6, 6.07) is 14.1. The number of para-hydroxylation sites is 1. The summed E-state index contributed by atoms with van der Waals surface area (Å²) in [4.78, 5) is 42.1. The third kappa shape index (κ3) is 3.71. The molecule has 2 N–H and O–H groups in total. The molecule has 148 valence electrons. The van der Waals surface area contributed by atoms with E-state index in [1.807, 2.05) is 37.3 Å². The first-order valence-corrected chi connectivity index (χ1v) is 9.51. The molecule has 0 spiro atoms. The minimum atomic E-state index is -0.707. The van der Waals surface area contributed by atoms with E-state index >= 15 is 0 Å². The van der Waals surface area contributed by atoms with Crippen LogP contribution in [0.4, 0.5) is 5.69 Å². The predicted octanol–water partition coefficient (Wildman–Crippen LogP) is 2.67. The molecule has 1 aromatic heterocycles. The van der Waals surface area contributed by atoms with Crippen LogP contribution < -0.4 is 15.0 Å². The summed E-state index contributed by atoms with van der Waals surface area (Å²) < 4.78 is 5.42. The fourth-order valence-electron chi connectivity index (χ4n) is 3.58. The molecule has 29 heavy (non-hydrogen) atoms. The first-order valence-electron chi connectivity index (χ1n) is 9.51. The molecule has 2 amide bonds. The highest BCUT2D eigenvalue weighted by molar-refractivity contribution is 6.45. The van der Waals surface area contributed by atoms with Gasteiger partial charge >= 0.3 is 0 Å². The van der Waals surface area contributed by atoms with Crippen molar-refractivity contribution in [3.05, 3.63) is 60.3 Å². The monoisotopic (exact) mass is 391 g/mol. The number of nitrogens with zero attached hydrogens (tertiary/aromatic N) is 1. The number of anilines is 1. The van der Waals surface area contributed by atoms with Gasteiger partial charge in [0, 0.05) is 35.8 Å². The molecule has 1 saturated heterocycles. The van der Waals surface area contributed by atoms with Gasteiger partial charge < -0.3 is 19.9 Å². The summed E-state index contributed by atoms with van der Waals surface area (Å²) in [5.74, 6) is -0.688. The van der Waals surface area contributed by atoms with E-state index in [1.165, 1.54) is 0 Å². The van der Waals surface area contributed by atoms with Crippen LogP contribution in [0.5, 0.6) is 5.75 Å². The lowest BCUT2D eigenvalue weighted by molar-refractivity contribution is -0.118. The number of ether oxygens (including phenoxy) is 1. The second-order valence-corrected chi connectivity index (χ2v) is 6.88. The minimum absolute atomic E-state index is 0.0981. The van der Waals surface area contributed by atoms with Crippen LogP contribution in [0.25, 0.3) is 10.9 Å². The van der Waals surface area contributed by atoms with Crippen molar-refractivity contribution in [1.82, 2.24) is 10.3 Å². The summed E-state index contributed by atoms with van der Waals surface area (Å²) in [5, 5.41) is 3.40. The van der Waals surface area contributed by atoms with E-state index in [0.717, 1.165) is 17.0 Å². The van der Waals surface area contributed by atoms with Crippen LogP contribution in [0.3, 0.4) is 0 Å². The number of aromatic nitrogens is 1. The Morgan fingerprint density at radius 2 is 1.93 bits per heavy atom. The number of amides is 2. The molecule has 0 radical (unpaired) electrons. The number of hydrogen-bond acceptors (Lipinski definition) is 4. The number of carbonyl (C=O) groups excluding carboxylic acids is 3. The molecule has 1 aliphatic heterocycles. The van der Waals surface area contributed by atoms with Gasteiger partial charge in [-0.25, -0.2) is 0 Å². The zero-order valence-electron chi connectivity index (χ0n) is 16.0. The van der Waals surface area contributed by atoms with E-state index in [1.54, 1.807) is 29.3 Å². The van der Waals surface area contributed by atoms with E-state index in [9.17, 15) is 14.4 Å². The Bertz CT molecular complexity index is 1070. The van der Waals surface area contributed by atoms with Gasteiger partial charge in [0.15, 0.2) is 0 Å². The van der Waals surface area contributed by atoms with Gasteiger partial charge in [0.2, 0.25) is 5.91 Å². The topological polar surface area (TPSA) is 91.5 Å². The van der Waals surface area contributed by atoms with Gasteiger partial charge in [-0.3, -0.25) is 14.4 Å². The Morgan fingerprint density at radius 3 is 2.69 bits per heavy atom. The number of aromatic amines is 1. The lowest BCUT2D eigenvalue weighted by Crippen LogP contribution is -2.40. The van der Waals surface area contributed by atoms with Gasteiger partial charge in [-0.2, -0.15) is 0 Å². The zero-order valence-corrected chi connectivity index (χ0v) is 16.0. The van der Waals surface area contributed by atoms with Crippen molar-refractivity contribution in [3.63, 3.8) is 0 Å². The molecular weight excluding hydrogens is 370 g/mol. The summed E-state index contributed by atoms with van der Waals surface area (Å²) >= 11 is 0. The summed E-state index contributed by atoms with van der Waals surface area (Å²) in [7, 11) is 0. The fraction of sp³-hybridized carbons (Fsp3) is 0.227. The Hall–Kier alpha value is -3.61. The smallest absolute Gasteiger partial charge is 0.292 e. The highest BCUT2D eigenvalue weighted by Crippen LogP contribution is 2.24. The summed E-state index contributed by atoms with van der Waals surface area (Å²) in [5.41, 5.74) is 1.85. The molecule has 0 unspecified atom stereocenters. The number of ketones is 1. The van der Waals surface area contributed by atoms with Gasteiger partial charge in [-0.05, 0) is 37.3 Å². The van der Waals surface area contributed by atoms with Crippen LogP contribution in [0.1, 0.15) is 23.7 Å². The van der Waals surface area contributed by atoms with Crippen molar-refractivity contribution < 1.29 is 19.1 Å². The number of nitrogens with one attached hydrogen (secondary N) is 2. The summed E-state index contributed by atoms with van der Waals surface area (Å²) in [6.45, 7) is 2.79. The normalized spacial score (nSPS) is 16.2. The van der Waals surface area contributed by atoms with Crippen LogP contribution in [0.15, 0.2) is 54.7 Å². The Labute approximate surface area is 167 Å². The lowest BCUT2D eigenvalue weighted by atomic mass is 10.1. The number of fused-ring (bicyclic) bond motifs is 1. The maximum Gasteiger partial charge on any atom is 0.292 e. The average Bonchev–Trinajstić information content (AvgIpc) is 3.31. The van der Waals surface area contributed by atoms with Gasteiger partial charge in [-0.15, -0.1) is 0 Å². The van der Waals surface area contributed by atoms with Crippen molar-refractivity contribution in [2.75, 3.05) is 18.1 Å². The second-order valence-electron chi connectivity index (χ2n) is 6.88. The predicted molar refractivity (Wildman–Crippen MR) is 109 cm³/mol. The van der Waals surface area contributed by atoms with Gasteiger partial charge in [-0.1, -0.05) is 18.2 Å². The van der Waals surface area contributed by atoms with Crippen LogP contribution in [0.2, 0.25) is 0 Å². The third-order valence-electron chi connectivity index (χ3n) is 4.96. The maximum absolute atomic E-state index is 12.6. The van der Waals surface area contributed by atoms with E-state index in [-0.39, 0.29) is 12.3 Å². The number of carbonyl (C=O) groups is 3. The number of benzene rings is 2. The maximum atomic E-state index is 12.6. The summed E-state index contributed by atoms with van der Waals surface area (Å²) in [6.07, 6.45) is 1.69. The molecule has 2 aromatic carbocycles. The van der Waals surface area contributed by atoms with Gasteiger partial charge in [0.1, 0.15) is 5.75 Å². The van der Waals surface area contributed by atoms with E-state index in [4.69, 9.17) is 4.74 Å². The quantitative estimate of drug-likeness (QED) is 0.499. The highest BCUT2D eigenvalue weighted by atomic mass is 16.5. The molecule has 1 aliphatic rings. The Balaban J connectivity index is 1.43. The minimum Gasteiger partial charge on any atom is -0.494 e. The van der Waals surface area contributed by atoms with Crippen LogP contribution in [-0.4, -0.2) is 41.8 Å². The van der Waals surface area contributed by atoms with Crippen molar-refractivity contribution >= 4 is 34.2 Å². The molecule has 0 bridgehead atoms. The molecule has 3 aromatic rings. The number of rotatable bonds is 6. The molecule has 1 fully saturated rings. The molecule has 2 heterocycles.